The number of amides is 1. The lowest BCUT2D eigenvalue weighted by molar-refractivity contribution is 0.102. The molecule has 1 heterocycles. The molecule has 9 heteroatoms. The van der Waals surface area contributed by atoms with Gasteiger partial charge in [-0.3, -0.25) is 9.10 Å². The summed E-state index contributed by atoms with van der Waals surface area (Å²) < 4.78 is 53.2. The van der Waals surface area contributed by atoms with Crippen LogP contribution in [0.15, 0.2) is 64.9 Å². The molecule has 1 aromatic heterocycles. The van der Waals surface area contributed by atoms with Crippen molar-refractivity contribution in [2.45, 2.75) is 4.90 Å². The number of thiophene rings is 1. The molecule has 1 amide bonds. The molecule has 0 spiro atoms. The Morgan fingerprint density at radius 2 is 1.74 bits per heavy atom. The minimum atomic E-state index is -3.98. The zero-order chi connectivity index (χ0) is 19.6. The van der Waals surface area contributed by atoms with E-state index < -0.39 is 27.6 Å². The van der Waals surface area contributed by atoms with E-state index in [0.29, 0.717) is 5.69 Å². The molecule has 0 aliphatic heterocycles. The van der Waals surface area contributed by atoms with Gasteiger partial charge in [0.15, 0.2) is 11.6 Å². The summed E-state index contributed by atoms with van der Waals surface area (Å²) in [7, 11) is -2.59. The number of rotatable bonds is 5. The molecule has 0 saturated carbocycles. The van der Waals surface area contributed by atoms with Gasteiger partial charge in [-0.05, 0) is 35.7 Å². The fourth-order valence-electron chi connectivity index (χ4n) is 2.35. The summed E-state index contributed by atoms with van der Waals surface area (Å²) in [6.07, 6.45) is 0. The maximum absolute atomic E-state index is 13.3. The molecule has 0 saturated heterocycles. The van der Waals surface area contributed by atoms with Crippen LogP contribution in [-0.2, 0) is 10.0 Å². The van der Waals surface area contributed by atoms with Gasteiger partial charge >= 0.3 is 0 Å². The van der Waals surface area contributed by atoms with E-state index in [4.69, 9.17) is 0 Å². The van der Waals surface area contributed by atoms with E-state index in [1.54, 1.807) is 30.3 Å². The molecule has 2 aromatic carbocycles. The first-order valence-corrected chi connectivity index (χ1v) is 10.0. The molecule has 0 aliphatic carbocycles. The lowest BCUT2D eigenvalue weighted by atomic mass is 10.3. The molecular formula is C18H14F2N2O3S2. The summed E-state index contributed by atoms with van der Waals surface area (Å²) in [5.74, 6) is -2.89. The maximum atomic E-state index is 13.3. The Kier molecular flexibility index (Phi) is 5.24. The summed E-state index contributed by atoms with van der Waals surface area (Å²) in [6, 6.07) is 12.6. The number of anilines is 2. The zero-order valence-electron chi connectivity index (χ0n) is 14.0. The number of nitrogens with one attached hydrogen (secondary N) is 1. The minimum absolute atomic E-state index is 0.0204. The van der Waals surface area contributed by atoms with Crippen molar-refractivity contribution < 1.29 is 22.0 Å². The second kappa shape index (κ2) is 7.45. The van der Waals surface area contributed by atoms with Crippen LogP contribution in [-0.4, -0.2) is 21.4 Å². The standard InChI is InChI=1S/C18H14F2N2O3S2/c1-22(13-5-3-2-4-6-13)27(24,25)16-9-10-26-17(16)18(23)21-12-7-8-14(19)15(20)11-12/h2-11H,1H3,(H,21,23). The average Bonchev–Trinajstić information content (AvgIpc) is 3.16. The lowest BCUT2D eigenvalue weighted by Gasteiger charge is -2.19. The number of nitrogens with zero attached hydrogens (tertiary/aromatic N) is 1. The lowest BCUT2D eigenvalue weighted by Crippen LogP contribution is -2.28. The molecule has 0 radical (unpaired) electrons. The molecule has 0 unspecified atom stereocenters. The van der Waals surface area contributed by atoms with Crippen molar-refractivity contribution in [1.82, 2.24) is 0 Å². The summed E-state index contributed by atoms with van der Waals surface area (Å²) in [6.45, 7) is 0. The molecule has 0 atom stereocenters. The van der Waals surface area contributed by atoms with Gasteiger partial charge in [-0.15, -0.1) is 11.3 Å². The van der Waals surface area contributed by atoms with Gasteiger partial charge in [0, 0.05) is 18.8 Å². The predicted octanol–water partition coefficient (Wildman–Crippen LogP) is 4.10. The van der Waals surface area contributed by atoms with Gasteiger partial charge in [0.05, 0.1) is 5.69 Å². The Morgan fingerprint density at radius 3 is 2.41 bits per heavy atom. The number of carbonyl (C=O) groups is 1. The molecule has 27 heavy (non-hydrogen) atoms. The fraction of sp³-hybridized carbons (Fsp3) is 0.0556. The third-order valence-corrected chi connectivity index (χ3v) is 6.64. The first-order chi connectivity index (χ1) is 12.8. The fourth-order valence-corrected chi connectivity index (χ4v) is 4.84. The number of para-hydroxylation sites is 1. The summed E-state index contributed by atoms with van der Waals surface area (Å²) in [4.78, 5) is 12.3. The Balaban J connectivity index is 1.90. The highest BCUT2D eigenvalue weighted by molar-refractivity contribution is 7.93. The summed E-state index contributed by atoms with van der Waals surface area (Å²) >= 11 is 0.938. The highest BCUT2D eigenvalue weighted by Crippen LogP contribution is 2.28. The highest BCUT2D eigenvalue weighted by Gasteiger charge is 2.28. The number of hydrogen-bond acceptors (Lipinski definition) is 4. The highest BCUT2D eigenvalue weighted by atomic mass is 32.2. The second-order valence-electron chi connectivity index (χ2n) is 5.51. The van der Waals surface area contributed by atoms with E-state index in [2.05, 4.69) is 5.32 Å². The van der Waals surface area contributed by atoms with Crippen LogP contribution in [0.5, 0.6) is 0 Å². The summed E-state index contributed by atoms with van der Waals surface area (Å²) in [5, 5.41) is 3.86. The maximum Gasteiger partial charge on any atom is 0.267 e. The topological polar surface area (TPSA) is 66.5 Å². The van der Waals surface area contributed by atoms with Crippen molar-refractivity contribution in [3.8, 4) is 0 Å². The van der Waals surface area contributed by atoms with Crippen LogP contribution in [0.2, 0.25) is 0 Å². The van der Waals surface area contributed by atoms with Gasteiger partial charge in [0.25, 0.3) is 15.9 Å². The molecule has 5 nitrogen and oxygen atoms in total. The first kappa shape index (κ1) is 19.0. The molecular weight excluding hydrogens is 394 g/mol. The molecule has 140 valence electrons. The van der Waals surface area contributed by atoms with Crippen molar-refractivity contribution in [1.29, 1.82) is 0 Å². The minimum Gasteiger partial charge on any atom is -0.321 e. The van der Waals surface area contributed by atoms with Crippen LogP contribution >= 0.6 is 11.3 Å². The van der Waals surface area contributed by atoms with E-state index in [1.165, 1.54) is 24.6 Å². The van der Waals surface area contributed by atoms with Gasteiger partial charge in [-0.25, -0.2) is 17.2 Å². The smallest absolute Gasteiger partial charge is 0.267 e. The van der Waals surface area contributed by atoms with Crippen LogP contribution in [0.3, 0.4) is 0 Å². The van der Waals surface area contributed by atoms with E-state index in [1.807, 2.05) is 0 Å². The van der Waals surface area contributed by atoms with Crippen LogP contribution in [0.4, 0.5) is 20.2 Å². The molecule has 0 fully saturated rings. The zero-order valence-corrected chi connectivity index (χ0v) is 15.7. The molecule has 3 aromatic rings. The Bertz CT molecular complexity index is 1080. The Labute approximate surface area is 158 Å². The van der Waals surface area contributed by atoms with Gasteiger partial charge in [0.2, 0.25) is 0 Å². The first-order valence-electron chi connectivity index (χ1n) is 7.68. The monoisotopic (exact) mass is 408 g/mol. The number of halogens is 2. The van der Waals surface area contributed by atoms with Crippen molar-refractivity contribution in [3.63, 3.8) is 0 Å². The second-order valence-corrected chi connectivity index (χ2v) is 8.36. The summed E-state index contributed by atoms with van der Waals surface area (Å²) in [5.41, 5.74) is 0.461. The number of sulfonamides is 1. The number of hydrogen-bond donors (Lipinski definition) is 1. The van der Waals surface area contributed by atoms with Crippen molar-refractivity contribution in [3.05, 3.63) is 76.5 Å². The van der Waals surface area contributed by atoms with E-state index in [-0.39, 0.29) is 15.5 Å². The largest absolute Gasteiger partial charge is 0.321 e. The van der Waals surface area contributed by atoms with E-state index >= 15 is 0 Å². The molecule has 3 rings (SSSR count). The SMILES string of the molecule is CN(c1ccccc1)S(=O)(=O)c1ccsc1C(=O)Nc1ccc(F)c(F)c1. The van der Waals surface area contributed by atoms with E-state index in [0.717, 1.165) is 27.8 Å². The quantitative estimate of drug-likeness (QED) is 0.691. The normalized spacial score (nSPS) is 11.2. The van der Waals surface area contributed by atoms with Crippen molar-refractivity contribution in [2.75, 3.05) is 16.7 Å². The van der Waals surface area contributed by atoms with Gasteiger partial charge in [0.1, 0.15) is 9.77 Å². The van der Waals surface area contributed by atoms with Crippen LogP contribution in [0, 0.1) is 11.6 Å². The van der Waals surface area contributed by atoms with Crippen LogP contribution in [0.25, 0.3) is 0 Å². The van der Waals surface area contributed by atoms with Crippen molar-refractivity contribution in [2.24, 2.45) is 0 Å². The predicted molar refractivity (Wildman–Crippen MR) is 101 cm³/mol. The average molecular weight is 408 g/mol. The molecule has 1 N–H and O–H groups in total. The van der Waals surface area contributed by atoms with Gasteiger partial charge < -0.3 is 5.32 Å². The Morgan fingerprint density at radius 1 is 1.04 bits per heavy atom. The van der Waals surface area contributed by atoms with Crippen LogP contribution in [0.1, 0.15) is 9.67 Å². The molecule has 0 bridgehead atoms. The number of benzene rings is 2. The Hall–Kier alpha value is -2.78. The van der Waals surface area contributed by atoms with Crippen LogP contribution < -0.4 is 9.62 Å². The molecule has 0 aliphatic rings. The third kappa shape index (κ3) is 3.83. The van der Waals surface area contributed by atoms with Gasteiger partial charge in [-0.2, -0.15) is 0 Å². The van der Waals surface area contributed by atoms with Crippen molar-refractivity contribution >= 4 is 38.6 Å². The third-order valence-electron chi connectivity index (χ3n) is 3.77. The van der Waals surface area contributed by atoms with Gasteiger partial charge in [-0.1, -0.05) is 18.2 Å². The number of carbonyl (C=O) groups excluding carboxylic acids is 1. The van der Waals surface area contributed by atoms with E-state index in [9.17, 15) is 22.0 Å².